The van der Waals surface area contributed by atoms with Crippen LogP contribution in [0.15, 0.2) is 46.9 Å². The minimum Gasteiger partial charge on any atom is -0.493 e. The second-order valence-electron chi connectivity index (χ2n) is 4.42. The van der Waals surface area contributed by atoms with E-state index >= 15 is 0 Å². The van der Waals surface area contributed by atoms with E-state index in [1.807, 2.05) is 42.5 Å². The van der Waals surface area contributed by atoms with Crippen molar-refractivity contribution in [3.63, 3.8) is 0 Å². The number of rotatable bonds is 6. The molecule has 0 aliphatic heterocycles. The van der Waals surface area contributed by atoms with Crippen molar-refractivity contribution in [2.75, 3.05) is 13.7 Å². The fourth-order valence-electron chi connectivity index (χ4n) is 1.95. The van der Waals surface area contributed by atoms with Crippen molar-refractivity contribution in [2.45, 2.75) is 13.0 Å². The Morgan fingerprint density at radius 1 is 1.10 bits per heavy atom. The molecule has 20 heavy (non-hydrogen) atoms. The van der Waals surface area contributed by atoms with Gasteiger partial charge >= 0.3 is 0 Å². The van der Waals surface area contributed by atoms with Crippen molar-refractivity contribution in [1.29, 1.82) is 0 Å². The summed E-state index contributed by atoms with van der Waals surface area (Å²) in [5.41, 5.74) is 7.83. The van der Waals surface area contributed by atoms with E-state index in [1.165, 1.54) is 0 Å². The molecule has 0 bridgehead atoms. The molecule has 3 nitrogen and oxygen atoms in total. The molecule has 0 unspecified atom stereocenters. The minimum atomic E-state index is 0.506. The van der Waals surface area contributed by atoms with Crippen molar-refractivity contribution in [1.82, 2.24) is 0 Å². The largest absolute Gasteiger partial charge is 0.493 e. The maximum absolute atomic E-state index is 5.87. The second-order valence-corrected chi connectivity index (χ2v) is 5.28. The van der Waals surface area contributed by atoms with Crippen LogP contribution in [0.2, 0.25) is 0 Å². The molecule has 0 saturated carbocycles. The Hall–Kier alpha value is -1.52. The first kappa shape index (κ1) is 14.9. The van der Waals surface area contributed by atoms with Gasteiger partial charge in [-0.25, -0.2) is 0 Å². The van der Waals surface area contributed by atoms with E-state index in [2.05, 4.69) is 15.9 Å². The average molecular weight is 336 g/mol. The minimum absolute atomic E-state index is 0.506. The monoisotopic (exact) mass is 335 g/mol. The topological polar surface area (TPSA) is 44.5 Å². The van der Waals surface area contributed by atoms with Crippen LogP contribution < -0.4 is 15.2 Å². The van der Waals surface area contributed by atoms with Gasteiger partial charge in [-0.3, -0.25) is 0 Å². The number of hydrogen-bond donors (Lipinski definition) is 1. The lowest BCUT2D eigenvalue weighted by molar-refractivity contribution is 0.282. The highest BCUT2D eigenvalue weighted by molar-refractivity contribution is 9.10. The first-order valence-corrected chi connectivity index (χ1v) is 7.27. The normalized spacial score (nSPS) is 10.3. The fourth-order valence-corrected chi connectivity index (χ4v) is 2.56. The molecular weight excluding hydrogens is 318 g/mol. The van der Waals surface area contributed by atoms with Gasteiger partial charge in [-0.2, -0.15) is 0 Å². The standard InChI is InChI=1S/C16H18BrNO2/c1-19-15-10-13(7-8-18)9-14(17)16(15)20-11-12-5-3-2-4-6-12/h2-6,9-10H,7-8,11,18H2,1H3. The van der Waals surface area contributed by atoms with Crippen LogP contribution in [-0.2, 0) is 13.0 Å². The van der Waals surface area contributed by atoms with Gasteiger partial charge in [0, 0.05) is 0 Å². The van der Waals surface area contributed by atoms with Crippen LogP contribution in [0.5, 0.6) is 11.5 Å². The van der Waals surface area contributed by atoms with Crippen molar-refractivity contribution < 1.29 is 9.47 Å². The van der Waals surface area contributed by atoms with Crippen LogP contribution in [0.25, 0.3) is 0 Å². The number of hydrogen-bond acceptors (Lipinski definition) is 3. The molecule has 0 fully saturated rings. The third-order valence-corrected chi connectivity index (χ3v) is 3.54. The maximum atomic E-state index is 5.87. The summed E-state index contributed by atoms with van der Waals surface area (Å²) in [6.07, 6.45) is 0.813. The van der Waals surface area contributed by atoms with Gasteiger partial charge in [0.15, 0.2) is 11.5 Å². The summed E-state index contributed by atoms with van der Waals surface area (Å²) in [5, 5.41) is 0. The average Bonchev–Trinajstić information content (AvgIpc) is 2.47. The molecule has 0 spiro atoms. The van der Waals surface area contributed by atoms with Gasteiger partial charge in [-0.05, 0) is 52.2 Å². The van der Waals surface area contributed by atoms with Crippen LogP contribution >= 0.6 is 15.9 Å². The van der Waals surface area contributed by atoms with Gasteiger partial charge in [-0.15, -0.1) is 0 Å². The molecule has 0 aliphatic carbocycles. The smallest absolute Gasteiger partial charge is 0.175 e. The molecule has 0 atom stereocenters. The summed E-state index contributed by atoms with van der Waals surface area (Å²) in [5.74, 6) is 1.44. The Balaban J connectivity index is 2.18. The highest BCUT2D eigenvalue weighted by Gasteiger charge is 2.11. The first-order valence-electron chi connectivity index (χ1n) is 6.47. The third kappa shape index (κ3) is 3.74. The van der Waals surface area contributed by atoms with Crippen LogP contribution in [0.1, 0.15) is 11.1 Å². The van der Waals surface area contributed by atoms with Crippen LogP contribution in [0.3, 0.4) is 0 Å². The number of methoxy groups -OCH3 is 1. The molecule has 2 rings (SSSR count). The molecule has 2 N–H and O–H groups in total. The lowest BCUT2D eigenvalue weighted by Crippen LogP contribution is -2.04. The zero-order valence-electron chi connectivity index (χ0n) is 11.4. The zero-order valence-corrected chi connectivity index (χ0v) is 13.0. The number of halogens is 1. The van der Waals surface area contributed by atoms with Crippen molar-refractivity contribution in [3.05, 3.63) is 58.1 Å². The lowest BCUT2D eigenvalue weighted by atomic mass is 10.1. The maximum Gasteiger partial charge on any atom is 0.175 e. The number of nitrogens with two attached hydrogens (primary N) is 1. The molecule has 106 valence electrons. The Morgan fingerprint density at radius 2 is 1.85 bits per heavy atom. The van der Waals surface area contributed by atoms with E-state index in [4.69, 9.17) is 15.2 Å². The predicted octanol–water partition coefficient (Wildman–Crippen LogP) is 3.54. The van der Waals surface area contributed by atoms with Gasteiger partial charge in [-0.1, -0.05) is 30.3 Å². The van der Waals surface area contributed by atoms with E-state index in [0.717, 1.165) is 33.5 Å². The summed E-state index contributed by atoms with van der Waals surface area (Å²) in [7, 11) is 1.64. The molecule has 2 aromatic rings. The molecule has 0 amide bonds. The summed E-state index contributed by atoms with van der Waals surface area (Å²) in [6.45, 7) is 1.12. The van der Waals surface area contributed by atoms with Crippen molar-refractivity contribution in [3.8, 4) is 11.5 Å². The Labute approximate surface area is 127 Å². The first-order chi connectivity index (χ1) is 9.74. The SMILES string of the molecule is COc1cc(CCN)cc(Br)c1OCc1ccccc1. The number of ether oxygens (including phenoxy) is 2. The second kappa shape index (κ2) is 7.31. The Bertz CT molecular complexity index is 558. The summed E-state index contributed by atoms with van der Waals surface area (Å²) >= 11 is 3.54. The molecule has 4 heteroatoms. The quantitative estimate of drug-likeness (QED) is 0.878. The van der Waals surface area contributed by atoms with E-state index in [-0.39, 0.29) is 0 Å². The van der Waals surface area contributed by atoms with Gasteiger partial charge in [0.2, 0.25) is 0 Å². The third-order valence-electron chi connectivity index (χ3n) is 2.95. The van der Waals surface area contributed by atoms with E-state index < -0.39 is 0 Å². The molecule has 2 aromatic carbocycles. The molecular formula is C16H18BrNO2. The van der Waals surface area contributed by atoms with Crippen LogP contribution in [0.4, 0.5) is 0 Å². The zero-order chi connectivity index (χ0) is 14.4. The number of benzene rings is 2. The van der Waals surface area contributed by atoms with Crippen molar-refractivity contribution in [2.24, 2.45) is 5.73 Å². The molecule has 0 radical (unpaired) electrons. The van der Waals surface area contributed by atoms with E-state index in [1.54, 1.807) is 7.11 Å². The van der Waals surface area contributed by atoms with Gasteiger partial charge in [0.1, 0.15) is 6.61 Å². The summed E-state index contributed by atoms with van der Waals surface area (Å²) < 4.78 is 12.2. The van der Waals surface area contributed by atoms with E-state index in [9.17, 15) is 0 Å². The van der Waals surface area contributed by atoms with Crippen molar-refractivity contribution >= 4 is 15.9 Å². The van der Waals surface area contributed by atoms with Gasteiger partial charge < -0.3 is 15.2 Å². The summed E-state index contributed by atoms with van der Waals surface area (Å²) in [6, 6.07) is 14.0. The van der Waals surface area contributed by atoms with Crippen LogP contribution in [-0.4, -0.2) is 13.7 Å². The van der Waals surface area contributed by atoms with Crippen LogP contribution in [0, 0.1) is 0 Å². The molecule has 0 aromatic heterocycles. The van der Waals surface area contributed by atoms with Gasteiger partial charge in [0.25, 0.3) is 0 Å². The fraction of sp³-hybridized carbons (Fsp3) is 0.250. The molecule has 0 aliphatic rings. The highest BCUT2D eigenvalue weighted by Crippen LogP contribution is 2.37. The van der Waals surface area contributed by atoms with Gasteiger partial charge in [0.05, 0.1) is 11.6 Å². The summed E-state index contributed by atoms with van der Waals surface area (Å²) in [4.78, 5) is 0. The molecule has 0 saturated heterocycles. The highest BCUT2D eigenvalue weighted by atomic mass is 79.9. The Kier molecular flexibility index (Phi) is 5.44. The van der Waals surface area contributed by atoms with E-state index in [0.29, 0.717) is 13.2 Å². The Morgan fingerprint density at radius 3 is 2.50 bits per heavy atom. The molecule has 0 heterocycles. The predicted molar refractivity (Wildman–Crippen MR) is 84.2 cm³/mol. The lowest BCUT2D eigenvalue weighted by Gasteiger charge is -2.14.